The largest absolute Gasteiger partial charge is 0.573 e. The molecule has 0 bridgehead atoms. The van der Waals surface area contributed by atoms with E-state index in [0.29, 0.717) is 29.2 Å². The zero-order chi connectivity index (χ0) is 26.6. The molecule has 5 rings (SSSR count). The summed E-state index contributed by atoms with van der Waals surface area (Å²) in [4.78, 5) is 13.7. The van der Waals surface area contributed by atoms with Crippen LogP contribution in [0.25, 0.3) is 0 Å². The van der Waals surface area contributed by atoms with Gasteiger partial charge in [0.05, 0.1) is 5.60 Å². The molecule has 206 valence electrons. The average Bonchev–Trinajstić information content (AvgIpc) is 3.18. The summed E-state index contributed by atoms with van der Waals surface area (Å²) in [5.41, 5.74) is 0.00891. The van der Waals surface area contributed by atoms with Crippen LogP contribution in [0.3, 0.4) is 0 Å². The number of alkyl halides is 3. The number of ketones is 1. The van der Waals surface area contributed by atoms with Gasteiger partial charge >= 0.3 is 6.36 Å². The van der Waals surface area contributed by atoms with E-state index < -0.39 is 12.0 Å². The first kappa shape index (κ1) is 27.0. The molecule has 0 aromatic heterocycles. The zero-order valence-electron chi connectivity index (χ0n) is 22.3. The molecule has 4 fully saturated rings. The highest BCUT2D eigenvalue weighted by molar-refractivity contribution is 5.98. The second-order valence-corrected chi connectivity index (χ2v) is 12.9. The molecule has 4 aliphatic rings. The Labute approximate surface area is 218 Å². The van der Waals surface area contributed by atoms with E-state index in [-0.39, 0.29) is 28.3 Å². The summed E-state index contributed by atoms with van der Waals surface area (Å²) < 4.78 is 47.2. The highest BCUT2D eigenvalue weighted by Crippen LogP contribution is 2.69. The highest BCUT2D eigenvalue weighted by atomic mass is 19.4. The molecule has 1 aromatic carbocycles. The number of hydrogen-bond donors (Lipinski definition) is 1. The molecule has 4 aliphatic carbocycles. The Balaban J connectivity index is 1.36. The molecule has 8 atom stereocenters. The molecular weight excluding hydrogens is 481 g/mol. The number of methoxy groups -OCH3 is 1. The van der Waals surface area contributed by atoms with Crippen LogP contribution in [0.4, 0.5) is 13.2 Å². The average molecular weight is 523 g/mol. The van der Waals surface area contributed by atoms with E-state index in [0.717, 1.165) is 70.8 Å². The molecule has 0 amide bonds. The lowest BCUT2D eigenvalue weighted by molar-refractivity contribution is -0.274. The number of benzene rings is 1. The predicted octanol–water partition coefficient (Wildman–Crippen LogP) is 7.19. The number of hydrogen-bond acceptors (Lipinski definition) is 4. The number of halogens is 3. The zero-order valence-corrected chi connectivity index (χ0v) is 22.3. The van der Waals surface area contributed by atoms with Crippen molar-refractivity contribution < 1.29 is 32.5 Å². The quantitative estimate of drug-likeness (QED) is 0.402. The molecule has 4 saturated carbocycles. The van der Waals surface area contributed by atoms with Gasteiger partial charge in [0.25, 0.3) is 0 Å². The lowest BCUT2D eigenvalue weighted by Gasteiger charge is -2.63. The number of ether oxygens (including phenoxy) is 2. The van der Waals surface area contributed by atoms with Crippen LogP contribution in [0.2, 0.25) is 0 Å². The van der Waals surface area contributed by atoms with Crippen molar-refractivity contribution in [3.05, 3.63) is 29.8 Å². The predicted molar refractivity (Wildman–Crippen MR) is 134 cm³/mol. The van der Waals surface area contributed by atoms with Crippen molar-refractivity contribution in [2.75, 3.05) is 13.7 Å². The lowest BCUT2D eigenvalue weighted by atomic mass is 9.42. The number of aliphatic hydroxyl groups is 1. The van der Waals surface area contributed by atoms with Crippen LogP contribution < -0.4 is 4.74 Å². The molecular formula is C30H41F3O4. The molecule has 4 nitrogen and oxygen atoms in total. The minimum atomic E-state index is -4.75. The van der Waals surface area contributed by atoms with E-state index in [4.69, 9.17) is 4.74 Å². The summed E-state index contributed by atoms with van der Waals surface area (Å²) in [6, 6.07) is 5.44. The van der Waals surface area contributed by atoms with Gasteiger partial charge in [-0.15, -0.1) is 13.2 Å². The van der Waals surface area contributed by atoms with Crippen molar-refractivity contribution in [1.82, 2.24) is 0 Å². The molecule has 37 heavy (non-hydrogen) atoms. The first-order chi connectivity index (χ1) is 17.4. The van der Waals surface area contributed by atoms with E-state index >= 15 is 0 Å². The maximum atomic E-state index is 13.7. The van der Waals surface area contributed by atoms with Crippen LogP contribution in [0.15, 0.2) is 24.3 Å². The molecule has 0 unspecified atom stereocenters. The molecule has 7 heteroatoms. The standard InChI is InChI=1S/C30H41F3O4/c1-27(35)14-15-29(16-17-36-3)20(18-27)6-9-22-23-10-11-25(28(23,2)13-12-24(22)29)26(34)19-4-7-21(8-5-19)37-30(31,32)33/h4-5,7-8,20,22-25,35H,6,9-18H2,1-3H3/t20-,22-,23-,24-,25+,27+,28-,29+/m0/s1. The van der Waals surface area contributed by atoms with Crippen LogP contribution >= 0.6 is 0 Å². The van der Waals surface area contributed by atoms with Crippen molar-refractivity contribution in [1.29, 1.82) is 0 Å². The third kappa shape index (κ3) is 4.84. The van der Waals surface area contributed by atoms with Crippen molar-refractivity contribution >= 4 is 5.78 Å². The van der Waals surface area contributed by atoms with Crippen molar-refractivity contribution in [3.63, 3.8) is 0 Å². The summed E-state index contributed by atoms with van der Waals surface area (Å²) in [5.74, 6) is 1.83. The van der Waals surface area contributed by atoms with Crippen molar-refractivity contribution in [2.45, 2.75) is 90.0 Å². The van der Waals surface area contributed by atoms with Gasteiger partial charge in [-0.1, -0.05) is 6.92 Å². The van der Waals surface area contributed by atoms with Crippen molar-refractivity contribution in [3.8, 4) is 5.75 Å². The SMILES string of the molecule is COCC[C@]12CC[C@@](C)(O)C[C@@H]1CC[C@H]1[C@@H]3CC[C@H](C(=O)c4ccc(OC(F)(F)F)cc4)[C@@]3(C)CC[C@@H]12. The fourth-order valence-corrected chi connectivity index (χ4v) is 9.48. The number of rotatable bonds is 6. The second kappa shape index (κ2) is 9.55. The fourth-order valence-electron chi connectivity index (χ4n) is 9.48. The number of fused-ring (bicyclic) bond motifs is 5. The molecule has 0 heterocycles. The Bertz CT molecular complexity index is 990. The monoisotopic (exact) mass is 522 g/mol. The topological polar surface area (TPSA) is 55.8 Å². The number of carbonyl (C=O) groups is 1. The van der Waals surface area contributed by atoms with Gasteiger partial charge in [0.15, 0.2) is 5.78 Å². The number of carbonyl (C=O) groups excluding carboxylic acids is 1. The normalized spacial score (nSPS) is 41.4. The van der Waals surface area contributed by atoms with E-state index in [2.05, 4.69) is 11.7 Å². The van der Waals surface area contributed by atoms with Gasteiger partial charge in [0.2, 0.25) is 0 Å². The molecule has 0 spiro atoms. The van der Waals surface area contributed by atoms with E-state index in [1.165, 1.54) is 24.3 Å². The first-order valence-electron chi connectivity index (χ1n) is 14.0. The summed E-state index contributed by atoms with van der Waals surface area (Å²) in [6.45, 7) is 5.04. The number of Topliss-reactive ketones (excluding diaryl/α,β-unsaturated/α-hetero) is 1. The van der Waals surface area contributed by atoms with Gasteiger partial charge in [0.1, 0.15) is 5.75 Å². The van der Waals surface area contributed by atoms with Crippen LogP contribution in [-0.4, -0.2) is 36.6 Å². The maximum absolute atomic E-state index is 13.7. The Morgan fingerprint density at radius 2 is 1.73 bits per heavy atom. The third-order valence-electron chi connectivity index (χ3n) is 11.1. The van der Waals surface area contributed by atoms with Crippen LogP contribution in [0, 0.1) is 40.4 Å². The van der Waals surface area contributed by atoms with Crippen LogP contribution in [0.1, 0.15) is 88.4 Å². The van der Waals surface area contributed by atoms with Gasteiger partial charge in [-0.05, 0) is 130 Å². The summed E-state index contributed by atoms with van der Waals surface area (Å²) in [7, 11) is 1.78. The van der Waals surface area contributed by atoms with Gasteiger partial charge in [-0.25, -0.2) is 0 Å². The van der Waals surface area contributed by atoms with E-state index in [1.807, 2.05) is 6.92 Å². The lowest BCUT2D eigenvalue weighted by Crippen LogP contribution is -2.57. The van der Waals surface area contributed by atoms with Crippen LogP contribution in [0.5, 0.6) is 5.75 Å². The fraction of sp³-hybridized carbons (Fsp3) is 0.767. The van der Waals surface area contributed by atoms with Gasteiger partial charge in [-0.3, -0.25) is 4.79 Å². The van der Waals surface area contributed by atoms with Gasteiger partial charge in [0, 0.05) is 25.2 Å². The molecule has 0 aliphatic heterocycles. The summed E-state index contributed by atoms with van der Waals surface area (Å²) >= 11 is 0. The second-order valence-electron chi connectivity index (χ2n) is 12.9. The van der Waals surface area contributed by atoms with E-state index in [1.54, 1.807) is 7.11 Å². The summed E-state index contributed by atoms with van der Waals surface area (Å²) in [5, 5.41) is 10.9. The van der Waals surface area contributed by atoms with Gasteiger partial charge < -0.3 is 14.6 Å². The highest BCUT2D eigenvalue weighted by Gasteiger charge is 2.62. The van der Waals surface area contributed by atoms with Gasteiger partial charge in [-0.2, -0.15) is 0 Å². The molecule has 0 radical (unpaired) electrons. The summed E-state index contributed by atoms with van der Waals surface area (Å²) in [6.07, 6.45) is 5.33. The Morgan fingerprint density at radius 3 is 2.41 bits per heavy atom. The van der Waals surface area contributed by atoms with Crippen molar-refractivity contribution in [2.24, 2.45) is 40.4 Å². The first-order valence-corrected chi connectivity index (χ1v) is 14.0. The molecule has 1 N–H and O–H groups in total. The Hall–Kier alpha value is -1.60. The minimum Gasteiger partial charge on any atom is -0.406 e. The maximum Gasteiger partial charge on any atom is 0.573 e. The van der Waals surface area contributed by atoms with E-state index in [9.17, 15) is 23.1 Å². The van der Waals surface area contributed by atoms with Crippen LogP contribution in [-0.2, 0) is 4.74 Å². The smallest absolute Gasteiger partial charge is 0.406 e. The Kier molecular flexibility index (Phi) is 6.96. The Morgan fingerprint density at radius 1 is 1.00 bits per heavy atom. The minimum absolute atomic E-state index is 0.0542. The molecule has 1 aromatic rings. The third-order valence-corrected chi connectivity index (χ3v) is 11.1. The molecule has 0 saturated heterocycles.